The predicted octanol–water partition coefficient (Wildman–Crippen LogP) is 0.669. The number of amides is 2. The monoisotopic (exact) mass is 275 g/mol. The van der Waals surface area contributed by atoms with E-state index >= 15 is 0 Å². The average Bonchev–Trinajstić information content (AvgIpc) is 2.78. The lowest BCUT2D eigenvalue weighted by Gasteiger charge is -2.21. The molecule has 2 amide bonds. The molecule has 1 aromatic carbocycles. The van der Waals surface area contributed by atoms with E-state index in [1.165, 1.54) is 0 Å². The van der Waals surface area contributed by atoms with Crippen molar-refractivity contribution in [3.05, 3.63) is 35.9 Å². The fourth-order valence-electron chi connectivity index (χ4n) is 2.39. The van der Waals surface area contributed by atoms with Crippen LogP contribution in [0.2, 0.25) is 0 Å². The molecule has 1 aliphatic rings. The zero-order chi connectivity index (χ0) is 14.7. The maximum atomic E-state index is 12.2. The highest BCUT2D eigenvalue weighted by molar-refractivity contribution is 5.89. The van der Waals surface area contributed by atoms with Gasteiger partial charge in [-0.05, 0) is 12.0 Å². The Balaban J connectivity index is 1.97. The van der Waals surface area contributed by atoms with Gasteiger partial charge in [-0.15, -0.1) is 0 Å². The van der Waals surface area contributed by atoms with Gasteiger partial charge in [0.1, 0.15) is 6.04 Å². The van der Waals surface area contributed by atoms with Crippen LogP contribution < -0.4 is 11.1 Å². The van der Waals surface area contributed by atoms with Gasteiger partial charge < -0.3 is 16.0 Å². The molecule has 108 valence electrons. The SMILES string of the molecule is CC(C(=O)NC1CCN(C)C1=O)C(N)c1ccccc1. The number of rotatable bonds is 4. The summed E-state index contributed by atoms with van der Waals surface area (Å²) in [5.41, 5.74) is 7.04. The van der Waals surface area contributed by atoms with Crippen molar-refractivity contribution in [2.75, 3.05) is 13.6 Å². The maximum Gasteiger partial charge on any atom is 0.244 e. The Bertz CT molecular complexity index is 489. The van der Waals surface area contributed by atoms with Gasteiger partial charge in [-0.3, -0.25) is 9.59 Å². The van der Waals surface area contributed by atoms with Crippen molar-refractivity contribution in [2.24, 2.45) is 11.7 Å². The van der Waals surface area contributed by atoms with E-state index in [1.807, 2.05) is 30.3 Å². The van der Waals surface area contributed by atoms with E-state index in [0.717, 1.165) is 5.56 Å². The van der Waals surface area contributed by atoms with E-state index < -0.39 is 6.04 Å². The fraction of sp³-hybridized carbons (Fsp3) is 0.467. The van der Waals surface area contributed by atoms with Crippen LogP contribution in [0.25, 0.3) is 0 Å². The molecule has 0 bridgehead atoms. The quantitative estimate of drug-likeness (QED) is 0.848. The first-order valence-corrected chi connectivity index (χ1v) is 6.86. The summed E-state index contributed by atoms with van der Waals surface area (Å²) < 4.78 is 0. The van der Waals surface area contributed by atoms with Crippen LogP contribution in [0.15, 0.2) is 30.3 Å². The van der Waals surface area contributed by atoms with E-state index in [1.54, 1.807) is 18.9 Å². The van der Waals surface area contributed by atoms with Gasteiger partial charge in [0.05, 0.1) is 5.92 Å². The molecule has 0 aromatic heterocycles. The molecule has 1 aromatic rings. The third-order valence-corrected chi connectivity index (χ3v) is 3.88. The second-order valence-corrected chi connectivity index (χ2v) is 5.33. The summed E-state index contributed by atoms with van der Waals surface area (Å²) in [6, 6.07) is 8.74. The summed E-state index contributed by atoms with van der Waals surface area (Å²) in [5.74, 6) is -0.579. The number of likely N-dealkylation sites (tertiary alicyclic amines) is 1. The molecule has 0 radical (unpaired) electrons. The molecule has 0 saturated carbocycles. The van der Waals surface area contributed by atoms with Crippen LogP contribution in [0.1, 0.15) is 24.9 Å². The third kappa shape index (κ3) is 2.99. The summed E-state index contributed by atoms with van der Waals surface area (Å²) >= 11 is 0. The van der Waals surface area contributed by atoms with Gasteiger partial charge >= 0.3 is 0 Å². The number of hydrogen-bond acceptors (Lipinski definition) is 3. The third-order valence-electron chi connectivity index (χ3n) is 3.88. The molecule has 2 rings (SSSR count). The topological polar surface area (TPSA) is 75.4 Å². The highest BCUT2D eigenvalue weighted by Crippen LogP contribution is 2.20. The van der Waals surface area contributed by atoms with E-state index in [4.69, 9.17) is 5.73 Å². The molecule has 1 aliphatic heterocycles. The Labute approximate surface area is 119 Å². The molecule has 0 aliphatic carbocycles. The first-order chi connectivity index (χ1) is 9.50. The molecule has 5 nitrogen and oxygen atoms in total. The summed E-state index contributed by atoms with van der Waals surface area (Å²) in [6.07, 6.45) is 0.661. The van der Waals surface area contributed by atoms with Crippen LogP contribution in [0.3, 0.4) is 0 Å². The van der Waals surface area contributed by atoms with Crippen LogP contribution in [-0.2, 0) is 9.59 Å². The van der Waals surface area contributed by atoms with Crippen LogP contribution in [0, 0.1) is 5.92 Å². The number of nitrogens with one attached hydrogen (secondary N) is 1. The summed E-state index contributed by atoms with van der Waals surface area (Å²) in [7, 11) is 1.74. The van der Waals surface area contributed by atoms with Crippen LogP contribution >= 0.6 is 0 Å². The van der Waals surface area contributed by atoms with E-state index in [0.29, 0.717) is 13.0 Å². The number of carbonyl (C=O) groups excluding carboxylic acids is 2. The van der Waals surface area contributed by atoms with E-state index in [9.17, 15) is 9.59 Å². The Morgan fingerprint density at radius 2 is 2.05 bits per heavy atom. The average molecular weight is 275 g/mol. The summed E-state index contributed by atoms with van der Waals surface area (Å²) in [5, 5.41) is 2.80. The summed E-state index contributed by atoms with van der Waals surface area (Å²) in [4.78, 5) is 25.6. The van der Waals surface area contributed by atoms with Crippen LogP contribution in [-0.4, -0.2) is 36.3 Å². The largest absolute Gasteiger partial charge is 0.344 e. The maximum absolute atomic E-state index is 12.2. The van der Waals surface area contributed by atoms with E-state index in [-0.39, 0.29) is 23.8 Å². The van der Waals surface area contributed by atoms with Gasteiger partial charge in [0.2, 0.25) is 11.8 Å². The Kier molecular flexibility index (Phi) is 4.39. The number of nitrogens with zero attached hydrogens (tertiary/aromatic N) is 1. The molecule has 3 unspecified atom stereocenters. The molecular weight excluding hydrogens is 254 g/mol. The normalized spacial score (nSPS) is 21.6. The van der Waals surface area contributed by atoms with Crippen molar-refractivity contribution in [1.82, 2.24) is 10.2 Å². The van der Waals surface area contributed by atoms with Crippen molar-refractivity contribution in [3.63, 3.8) is 0 Å². The van der Waals surface area contributed by atoms with Crippen molar-refractivity contribution < 1.29 is 9.59 Å². The molecule has 3 N–H and O–H groups in total. The Hall–Kier alpha value is -1.88. The highest BCUT2D eigenvalue weighted by atomic mass is 16.2. The molecule has 1 fully saturated rings. The lowest BCUT2D eigenvalue weighted by Crippen LogP contribution is -2.44. The standard InChI is InChI=1S/C15H21N3O2/c1-10(13(16)11-6-4-3-5-7-11)14(19)17-12-8-9-18(2)15(12)20/h3-7,10,12-13H,8-9,16H2,1-2H3,(H,17,19). The summed E-state index contributed by atoms with van der Waals surface area (Å²) in [6.45, 7) is 2.47. The number of likely N-dealkylation sites (N-methyl/N-ethyl adjacent to an activating group) is 1. The molecule has 1 saturated heterocycles. The van der Waals surface area contributed by atoms with Crippen molar-refractivity contribution in [2.45, 2.75) is 25.4 Å². The van der Waals surface area contributed by atoms with E-state index in [2.05, 4.69) is 5.32 Å². The Morgan fingerprint density at radius 3 is 2.60 bits per heavy atom. The number of nitrogens with two attached hydrogens (primary N) is 1. The van der Waals surface area contributed by atoms with Gasteiger partial charge in [-0.1, -0.05) is 37.3 Å². The highest BCUT2D eigenvalue weighted by Gasteiger charge is 2.32. The van der Waals surface area contributed by atoms with Crippen molar-refractivity contribution in [1.29, 1.82) is 0 Å². The number of hydrogen-bond donors (Lipinski definition) is 2. The Morgan fingerprint density at radius 1 is 1.40 bits per heavy atom. The first kappa shape index (κ1) is 14.5. The molecule has 3 atom stereocenters. The van der Waals surface area contributed by atoms with Gasteiger partial charge in [0.25, 0.3) is 0 Å². The molecule has 5 heteroatoms. The molecular formula is C15H21N3O2. The van der Waals surface area contributed by atoms with Crippen LogP contribution in [0.4, 0.5) is 0 Å². The zero-order valence-corrected chi connectivity index (χ0v) is 11.9. The molecule has 0 spiro atoms. The van der Waals surface area contributed by atoms with Gasteiger partial charge in [-0.2, -0.15) is 0 Å². The van der Waals surface area contributed by atoms with Gasteiger partial charge in [0.15, 0.2) is 0 Å². The lowest BCUT2D eigenvalue weighted by molar-refractivity contribution is -0.133. The number of benzene rings is 1. The number of carbonyl (C=O) groups is 2. The minimum atomic E-state index is -0.405. The van der Waals surface area contributed by atoms with Crippen molar-refractivity contribution in [3.8, 4) is 0 Å². The second-order valence-electron chi connectivity index (χ2n) is 5.33. The van der Waals surface area contributed by atoms with Crippen molar-refractivity contribution >= 4 is 11.8 Å². The predicted molar refractivity (Wildman–Crippen MR) is 76.7 cm³/mol. The van der Waals surface area contributed by atoms with Crippen LogP contribution in [0.5, 0.6) is 0 Å². The lowest BCUT2D eigenvalue weighted by atomic mass is 9.94. The molecule has 20 heavy (non-hydrogen) atoms. The first-order valence-electron chi connectivity index (χ1n) is 6.86. The smallest absolute Gasteiger partial charge is 0.244 e. The fourth-order valence-corrected chi connectivity index (χ4v) is 2.39. The minimum Gasteiger partial charge on any atom is -0.344 e. The minimum absolute atomic E-state index is 0.0289. The van der Waals surface area contributed by atoms with Gasteiger partial charge in [-0.25, -0.2) is 0 Å². The second kappa shape index (κ2) is 6.05. The van der Waals surface area contributed by atoms with Gasteiger partial charge in [0, 0.05) is 19.6 Å². The zero-order valence-electron chi connectivity index (χ0n) is 11.9. The molecule has 1 heterocycles.